The Balaban J connectivity index is 1.79. The van der Waals surface area contributed by atoms with Crippen molar-refractivity contribution in [3.8, 4) is 11.5 Å². The minimum atomic E-state index is -4.51. The van der Waals surface area contributed by atoms with Crippen LogP contribution < -0.4 is 10.1 Å². The Kier molecular flexibility index (Phi) is 5.51. The number of nitrogens with one attached hydrogen (secondary N) is 1. The van der Waals surface area contributed by atoms with Crippen molar-refractivity contribution in [2.75, 3.05) is 11.9 Å². The third-order valence-corrected chi connectivity index (χ3v) is 4.43. The number of hydrogen-bond donors (Lipinski definition) is 1. The van der Waals surface area contributed by atoms with Gasteiger partial charge in [0.15, 0.2) is 0 Å². The second-order valence-corrected chi connectivity index (χ2v) is 6.45. The fraction of sp³-hybridized carbons (Fsp3) is 0.263. The topological polar surface area (TPSA) is 64.6 Å². The van der Waals surface area contributed by atoms with Gasteiger partial charge in [0.1, 0.15) is 11.5 Å². The van der Waals surface area contributed by atoms with Gasteiger partial charge in [-0.15, -0.1) is 0 Å². The van der Waals surface area contributed by atoms with Gasteiger partial charge in [-0.25, -0.2) is 0 Å². The Bertz CT molecular complexity index is 930. The molecule has 3 rings (SSSR count). The highest BCUT2D eigenvalue weighted by Crippen LogP contribution is 2.40. The Morgan fingerprint density at radius 1 is 1.21 bits per heavy atom. The maximum absolute atomic E-state index is 12.7. The minimum Gasteiger partial charge on any atom is -0.466 e. The average Bonchev–Trinajstić information content (AvgIpc) is 2.91. The fourth-order valence-electron chi connectivity index (χ4n) is 2.85. The highest BCUT2D eigenvalue weighted by atomic mass is 35.5. The monoisotopic (exact) mass is 413 g/mol. The van der Waals surface area contributed by atoms with Gasteiger partial charge in [0.05, 0.1) is 29.5 Å². The van der Waals surface area contributed by atoms with Crippen LogP contribution in [0.3, 0.4) is 0 Å². The summed E-state index contributed by atoms with van der Waals surface area (Å²) in [5, 5.41) is 2.46. The summed E-state index contributed by atoms with van der Waals surface area (Å²) in [6.45, 7) is 1.90. The maximum atomic E-state index is 12.7. The molecule has 1 heterocycles. The second kappa shape index (κ2) is 7.71. The zero-order chi connectivity index (χ0) is 20.5. The van der Waals surface area contributed by atoms with E-state index in [0.29, 0.717) is 11.3 Å². The number of carbonyl (C=O) groups is 2. The van der Waals surface area contributed by atoms with Crippen molar-refractivity contribution in [1.82, 2.24) is 0 Å². The van der Waals surface area contributed by atoms with Gasteiger partial charge in [-0.2, -0.15) is 13.2 Å². The summed E-state index contributed by atoms with van der Waals surface area (Å²) in [7, 11) is 0. The molecule has 0 bridgehead atoms. The van der Waals surface area contributed by atoms with E-state index in [1.165, 1.54) is 6.07 Å². The molecule has 148 valence electrons. The highest BCUT2D eigenvalue weighted by molar-refractivity contribution is 6.32. The standard InChI is InChI=1S/C19H15ClF3NO4/c1-2-27-17(25)9-13-12-5-4-11(8-15(12)24-18(13)26)28-16-6-3-10(7-14(16)20)19(21,22)23/h3-8,13H,2,9H2,1H3,(H,24,26). The van der Waals surface area contributed by atoms with Gasteiger partial charge in [-0.3, -0.25) is 9.59 Å². The van der Waals surface area contributed by atoms with Crippen LogP contribution in [0.5, 0.6) is 11.5 Å². The van der Waals surface area contributed by atoms with Crippen LogP contribution in [0.2, 0.25) is 5.02 Å². The number of amides is 1. The Labute approximate surface area is 163 Å². The van der Waals surface area contributed by atoms with E-state index < -0.39 is 23.6 Å². The van der Waals surface area contributed by atoms with Crippen LogP contribution in [0.15, 0.2) is 36.4 Å². The Morgan fingerprint density at radius 2 is 1.96 bits per heavy atom. The summed E-state index contributed by atoms with van der Waals surface area (Å²) >= 11 is 5.89. The normalized spacial score (nSPS) is 15.8. The van der Waals surface area contributed by atoms with Crippen molar-refractivity contribution in [3.05, 3.63) is 52.5 Å². The molecule has 2 aromatic rings. The molecule has 1 amide bonds. The van der Waals surface area contributed by atoms with Crippen LogP contribution in [0.1, 0.15) is 30.4 Å². The predicted molar refractivity (Wildman–Crippen MR) is 95.6 cm³/mol. The second-order valence-electron chi connectivity index (χ2n) is 6.05. The molecule has 1 aliphatic heterocycles. The van der Waals surface area contributed by atoms with Crippen molar-refractivity contribution < 1.29 is 32.2 Å². The molecule has 1 aliphatic rings. The summed E-state index contributed by atoms with van der Waals surface area (Å²) in [4.78, 5) is 23.8. The average molecular weight is 414 g/mol. The van der Waals surface area contributed by atoms with Crippen LogP contribution in [-0.2, 0) is 20.5 Å². The molecular weight excluding hydrogens is 399 g/mol. The Morgan fingerprint density at radius 3 is 2.61 bits per heavy atom. The molecule has 0 fully saturated rings. The molecule has 0 radical (unpaired) electrons. The van der Waals surface area contributed by atoms with Crippen LogP contribution in [0.25, 0.3) is 0 Å². The summed E-state index contributed by atoms with van der Waals surface area (Å²) in [5.74, 6) is -1.17. The van der Waals surface area contributed by atoms with Crippen molar-refractivity contribution in [2.45, 2.75) is 25.4 Å². The molecule has 9 heteroatoms. The van der Waals surface area contributed by atoms with Crippen molar-refractivity contribution in [3.63, 3.8) is 0 Å². The lowest BCUT2D eigenvalue weighted by Crippen LogP contribution is -2.17. The number of carbonyl (C=O) groups excluding carboxylic acids is 2. The first-order valence-corrected chi connectivity index (χ1v) is 8.72. The number of ether oxygens (including phenoxy) is 2. The zero-order valence-corrected chi connectivity index (χ0v) is 15.4. The van der Waals surface area contributed by atoms with Crippen LogP contribution >= 0.6 is 11.6 Å². The third kappa shape index (κ3) is 4.22. The van der Waals surface area contributed by atoms with Gasteiger partial charge in [0, 0.05) is 11.8 Å². The summed E-state index contributed by atoms with van der Waals surface area (Å²) in [6.07, 6.45) is -4.59. The van der Waals surface area contributed by atoms with Crippen LogP contribution in [0, 0.1) is 0 Å². The van der Waals surface area contributed by atoms with Gasteiger partial charge in [0.2, 0.25) is 5.91 Å². The van der Waals surface area contributed by atoms with Crippen LogP contribution in [-0.4, -0.2) is 18.5 Å². The molecule has 28 heavy (non-hydrogen) atoms. The van der Waals surface area contributed by atoms with Crippen molar-refractivity contribution in [1.29, 1.82) is 0 Å². The summed E-state index contributed by atoms with van der Waals surface area (Å²) in [6, 6.07) is 7.45. The largest absolute Gasteiger partial charge is 0.466 e. The molecule has 5 nitrogen and oxygen atoms in total. The SMILES string of the molecule is CCOC(=O)CC1C(=O)Nc2cc(Oc3ccc(C(F)(F)F)cc3Cl)ccc21. The number of anilines is 1. The molecule has 0 aliphatic carbocycles. The Hall–Kier alpha value is -2.74. The number of halogens is 4. The molecular formula is C19H15ClF3NO4. The molecule has 1 unspecified atom stereocenters. The number of benzene rings is 2. The first-order valence-electron chi connectivity index (χ1n) is 8.34. The van der Waals surface area contributed by atoms with Gasteiger partial charge >= 0.3 is 12.1 Å². The zero-order valence-electron chi connectivity index (χ0n) is 14.6. The van der Waals surface area contributed by atoms with E-state index in [4.69, 9.17) is 21.1 Å². The number of rotatable bonds is 5. The van der Waals surface area contributed by atoms with Gasteiger partial charge < -0.3 is 14.8 Å². The first-order chi connectivity index (χ1) is 13.2. The van der Waals surface area contributed by atoms with E-state index in [2.05, 4.69) is 5.32 Å². The van der Waals surface area contributed by atoms with E-state index in [1.54, 1.807) is 19.1 Å². The predicted octanol–water partition coefficient (Wildman–Crippen LogP) is 5.14. The lowest BCUT2D eigenvalue weighted by Gasteiger charge is -2.12. The lowest BCUT2D eigenvalue weighted by molar-refractivity contribution is -0.144. The van der Waals surface area contributed by atoms with E-state index in [9.17, 15) is 22.8 Å². The summed E-state index contributed by atoms with van der Waals surface area (Å²) in [5.41, 5.74) is 0.191. The smallest absolute Gasteiger partial charge is 0.416 e. The number of alkyl halides is 3. The quantitative estimate of drug-likeness (QED) is 0.689. The number of hydrogen-bond acceptors (Lipinski definition) is 4. The van der Waals surface area contributed by atoms with Crippen LogP contribution in [0.4, 0.5) is 18.9 Å². The minimum absolute atomic E-state index is 0.0435. The summed E-state index contributed by atoms with van der Waals surface area (Å²) < 4.78 is 48.6. The first kappa shape index (κ1) is 20.0. The van der Waals surface area contributed by atoms with E-state index in [0.717, 1.165) is 18.2 Å². The molecule has 0 saturated heterocycles. The molecule has 0 spiro atoms. The number of fused-ring (bicyclic) bond motifs is 1. The van der Waals surface area contributed by atoms with E-state index >= 15 is 0 Å². The molecule has 0 saturated carbocycles. The van der Waals surface area contributed by atoms with Gasteiger partial charge in [0.25, 0.3) is 0 Å². The molecule has 1 atom stereocenters. The van der Waals surface area contributed by atoms with Crippen molar-refractivity contribution >= 4 is 29.2 Å². The fourth-order valence-corrected chi connectivity index (χ4v) is 3.07. The highest BCUT2D eigenvalue weighted by Gasteiger charge is 2.33. The van der Waals surface area contributed by atoms with Gasteiger partial charge in [-0.1, -0.05) is 17.7 Å². The van der Waals surface area contributed by atoms with Gasteiger partial charge in [-0.05, 0) is 36.8 Å². The molecule has 1 N–H and O–H groups in total. The van der Waals surface area contributed by atoms with E-state index in [1.807, 2.05) is 0 Å². The molecule has 2 aromatic carbocycles. The lowest BCUT2D eigenvalue weighted by atomic mass is 9.97. The third-order valence-electron chi connectivity index (χ3n) is 4.14. The molecule has 0 aromatic heterocycles. The van der Waals surface area contributed by atoms with E-state index in [-0.39, 0.29) is 35.5 Å². The van der Waals surface area contributed by atoms with Crippen molar-refractivity contribution in [2.24, 2.45) is 0 Å². The number of esters is 1. The maximum Gasteiger partial charge on any atom is 0.416 e.